The first-order valence-corrected chi connectivity index (χ1v) is 17.5. The normalized spacial score (nSPS) is 26.6. The van der Waals surface area contributed by atoms with Crippen molar-refractivity contribution in [2.75, 3.05) is 19.8 Å². The van der Waals surface area contributed by atoms with Gasteiger partial charge in [0, 0.05) is 6.61 Å². The van der Waals surface area contributed by atoms with Crippen LogP contribution in [0.4, 0.5) is 0 Å². The number of epoxide rings is 1. The summed E-state index contributed by atoms with van der Waals surface area (Å²) in [5, 5.41) is 0. The number of benzene rings is 3. The lowest BCUT2D eigenvalue weighted by Crippen LogP contribution is -2.43. The summed E-state index contributed by atoms with van der Waals surface area (Å²) in [6, 6.07) is 25.8. The maximum atomic E-state index is 13.3. The number of unbranched alkanes of at least 4 members (excludes halogenated alkanes) is 5. The summed E-state index contributed by atoms with van der Waals surface area (Å²) in [5.74, 6) is -1.67. The third-order valence-corrected chi connectivity index (χ3v) is 8.87. The van der Waals surface area contributed by atoms with E-state index in [9.17, 15) is 14.4 Å². The van der Waals surface area contributed by atoms with Gasteiger partial charge in [-0.05, 0) is 42.8 Å². The van der Waals surface area contributed by atoms with Gasteiger partial charge in [-0.25, -0.2) is 14.4 Å². The molecule has 3 aliphatic heterocycles. The first-order chi connectivity index (χ1) is 24.5. The van der Waals surface area contributed by atoms with Crippen LogP contribution in [0.1, 0.15) is 76.5 Å². The SMILES string of the molecule is CCCCCCCCO[C@H]1O[C@H](CO[C@@H]2O[C@H](COC(=O)c3ccccc3)[C@@H]3O[C@H]23)[C@@H](OC(=O)c2ccccc2)[C@@H]1OC(=O)c1ccccc1. The topological polar surface area (TPSA) is 128 Å². The van der Waals surface area contributed by atoms with Gasteiger partial charge in [-0.3, -0.25) is 0 Å². The largest absolute Gasteiger partial charge is 0.459 e. The van der Waals surface area contributed by atoms with E-state index < -0.39 is 54.9 Å². The predicted octanol–water partition coefficient (Wildman–Crippen LogP) is 5.91. The van der Waals surface area contributed by atoms with Gasteiger partial charge in [0.1, 0.15) is 31.0 Å². The Morgan fingerprint density at radius 3 is 1.70 bits per heavy atom. The third kappa shape index (κ3) is 9.35. The minimum Gasteiger partial charge on any atom is -0.459 e. The maximum absolute atomic E-state index is 13.3. The minimum absolute atomic E-state index is 0.00212. The number of hydrogen-bond acceptors (Lipinski definition) is 11. The van der Waals surface area contributed by atoms with Crippen LogP contribution in [0.25, 0.3) is 0 Å². The molecular formula is C39H44O11. The molecule has 3 heterocycles. The summed E-state index contributed by atoms with van der Waals surface area (Å²) in [7, 11) is 0. The van der Waals surface area contributed by atoms with Gasteiger partial charge in [0.15, 0.2) is 24.8 Å². The summed E-state index contributed by atoms with van der Waals surface area (Å²) in [4.78, 5) is 39.1. The highest BCUT2D eigenvalue weighted by Gasteiger charge is 2.60. The number of rotatable bonds is 18. The number of ether oxygens (including phenoxy) is 8. The van der Waals surface area contributed by atoms with Gasteiger partial charge in [0.2, 0.25) is 0 Å². The smallest absolute Gasteiger partial charge is 0.338 e. The average Bonchev–Trinajstić information content (AvgIpc) is 3.79. The highest BCUT2D eigenvalue weighted by atomic mass is 16.8. The third-order valence-electron chi connectivity index (χ3n) is 8.87. The molecule has 3 aromatic rings. The Hall–Kier alpha value is -4.13. The molecule has 50 heavy (non-hydrogen) atoms. The van der Waals surface area contributed by atoms with E-state index in [0.717, 1.165) is 32.1 Å². The molecule has 266 valence electrons. The molecule has 0 aromatic heterocycles. The van der Waals surface area contributed by atoms with Crippen LogP contribution in [0.5, 0.6) is 0 Å². The van der Waals surface area contributed by atoms with Gasteiger partial charge < -0.3 is 37.9 Å². The van der Waals surface area contributed by atoms with Crippen LogP contribution in [-0.2, 0) is 37.9 Å². The number of carbonyl (C=O) groups excluding carboxylic acids is 3. The molecule has 0 saturated carbocycles. The van der Waals surface area contributed by atoms with Crippen molar-refractivity contribution in [3.05, 3.63) is 108 Å². The molecule has 3 fully saturated rings. The molecule has 0 aliphatic carbocycles. The van der Waals surface area contributed by atoms with E-state index in [2.05, 4.69) is 6.92 Å². The van der Waals surface area contributed by atoms with Gasteiger partial charge in [-0.2, -0.15) is 0 Å². The van der Waals surface area contributed by atoms with Crippen molar-refractivity contribution in [2.24, 2.45) is 0 Å². The van der Waals surface area contributed by atoms with Crippen LogP contribution in [0.3, 0.4) is 0 Å². The van der Waals surface area contributed by atoms with Crippen molar-refractivity contribution in [1.82, 2.24) is 0 Å². The van der Waals surface area contributed by atoms with E-state index in [1.165, 1.54) is 6.42 Å². The lowest BCUT2D eigenvalue weighted by atomic mass is 10.1. The van der Waals surface area contributed by atoms with E-state index in [-0.39, 0.29) is 25.4 Å². The number of carbonyl (C=O) groups is 3. The molecule has 3 aromatic carbocycles. The molecule has 3 saturated heterocycles. The Bertz CT molecular complexity index is 1520. The Kier molecular flexibility index (Phi) is 12.6. The fourth-order valence-corrected chi connectivity index (χ4v) is 6.10. The van der Waals surface area contributed by atoms with E-state index in [0.29, 0.717) is 23.3 Å². The van der Waals surface area contributed by atoms with Gasteiger partial charge in [-0.15, -0.1) is 0 Å². The fraction of sp³-hybridized carbons (Fsp3) is 0.462. The van der Waals surface area contributed by atoms with Crippen LogP contribution in [0.15, 0.2) is 91.0 Å². The zero-order chi connectivity index (χ0) is 34.7. The standard InChI is InChI=1S/C39H44O11/c1-2-3-4-5-6-16-23-43-38-34(50-37(42)28-21-14-9-15-22-28)32(49-36(41)27-19-12-8-13-20-27)30(46-38)25-45-39-33-31(48-33)29(47-39)24-44-35(40)26-17-10-7-11-18-26/h7-15,17-22,29-34,38-39H,2-6,16,23-25H2,1H3/t29-,30-,31+,32-,33+,34+,38+,39-/m1/s1. The average molecular weight is 689 g/mol. The zero-order valence-corrected chi connectivity index (χ0v) is 28.1. The molecule has 6 rings (SSSR count). The molecule has 0 N–H and O–H groups in total. The Balaban J connectivity index is 1.12. The van der Waals surface area contributed by atoms with Crippen molar-refractivity contribution >= 4 is 17.9 Å². The fourth-order valence-electron chi connectivity index (χ4n) is 6.10. The Morgan fingerprint density at radius 1 is 0.540 bits per heavy atom. The lowest BCUT2D eigenvalue weighted by Gasteiger charge is -2.25. The van der Waals surface area contributed by atoms with Crippen molar-refractivity contribution in [1.29, 1.82) is 0 Å². The molecular weight excluding hydrogens is 644 g/mol. The molecule has 8 atom stereocenters. The van der Waals surface area contributed by atoms with E-state index in [1.54, 1.807) is 84.9 Å². The highest BCUT2D eigenvalue weighted by Crippen LogP contribution is 2.40. The molecule has 11 nitrogen and oxygen atoms in total. The summed E-state index contributed by atoms with van der Waals surface area (Å²) in [5.41, 5.74) is 1.11. The number of esters is 3. The summed E-state index contributed by atoms with van der Waals surface area (Å²) in [6.45, 7) is 2.46. The van der Waals surface area contributed by atoms with E-state index in [4.69, 9.17) is 37.9 Å². The summed E-state index contributed by atoms with van der Waals surface area (Å²) >= 11 is 0. The van der Waals surface area contributed by atoms with Crippen molar-refractivity contribution in [3.63, 3.8) is 0 Å². The van der Waals surface area contributed by atoms with Crippen LogP contribution < -0.4 is 0 Å². The quantitative estimate of drug-likeness (QED) is 0.0685. The van der Waals surface area contributed by atoms with Gasteiger partial charge in [0.05, 0.1) is 23.3 Å². The molecule has 11 heteroatoms. The second kappa shape index (κ2) is 17.7. The van der Waals surface area contributed by atoms with Gasteiger partial charge in [-0.1, -0.05) is 93.6 Å². The lowest BCUT2D eigenvalue weighted by molar-refractivity contribution is -0.210. The van der Waals surface area contributed by atoms with Gasteiger partial charge in [0.25, 0.3) is 0 Å². The molecule has 0 amide bonds. The summed E-state index contributed by atoms with van der Waals surface area (Å²) in [6.07, 6.45) is 0.443. The van der Waals surface area contributed by atoms with Gasteiger partial charge >= 0.3 is 17.9 Å². The molecule has 0 unspecified atom stereocenters. The first-order valence-electron chi connectivity index (χ1n) is 17.5. The number of fused-ring (bicyclic) bond motifs is 1. The molecule has 0 radical (unpaired) electrons. The van der Waals surface area contributed by atoms with Crippen LogP contribution >= 0.6 is 0 Å². The predicted molar refractivity (Wildman–Crippen MR) is 179 cm³/mol. The minimum atomic E-state index is -1.08. The molecule has 0 bridgehead atoms. The Morgan fingerprint density at radius 2 is 1.08 bits per heavy atom. The van der Waals surface area contributed by atoms with Crippen LogP contribution in [0.2, 0.25) is 0 Å². The molecule has 0 spiro atoms. The molecule has 3 aliphatic rings. The summed E-state index contributed by atoms with van der Waals surface area (Å²) < 4.78 is 47.9. The number of hydrogen-bond donors (Lipinski definition) is 0. The van der Waals surface area contributed by atoms with Crippen LogP contribution in [-0.4, -0.2) is 86.9 Å². The first kappa shape index (κ1) is 35.7. The van der Waals surface area contributed by atoms with Crippen LogP contribution in [0, 0.1) is 0 Å². The maximum Gasteiger partial charge on any atom is 0.338 e. The van der Waals surface area contributed by atoms with E-state index >= 15 is 0 Å². The van der Waals surface area contributed by atoms with Crippen molar-refractivity contribution in [2.45, 2.75) is 94.7 Å². The second-order valence-electron chi connectivity index (χ2n) is 12.6. The van der Waals surface area contributed by atoms with E-state index in [1.807, 2.05) is 6.07 Å². The monoisotopic (exact) mass is 688 g/mol. The second-order valence-corrected chi connectivity index (χ2v) is 12.6. The van der Waals surface area contributed by atoms with Crippen molar-refractivity contribution in [3.8, 4) is 0 Å². The zero-order valence-electron chi connectivity index (χ0n) is 28.1. The Labute approximate surface area is 292 Å². The highest BCUT2D eigenvalue weighted by molar-refractivity contribution is 5.90. The van der Waals surface area contributed by atoms with Crippen molar-refractivity contribution < 1.29 is 52.3 Å².